The molecule has 1 fully saturated rings. The highest BCUT2D eigenvalue weighted by atomic mass is 32.2. The van der Waals surface area contributed by atoms with Crippen LogP contribution < -0.4 is 10.1 Å². The van der Waals surface area contributed by atoms with E-state index >= 15 is 0 Å². The molecule has 1 heterocycles. The summed E-state index contributed by atoms with van der Waals surface area (Å²) in [5.74, 6) is 0.294. The highest BCUT2D eigenvalue weighted by Crippen LogP contribution is 2.26. The molecule has 6 nitrogen and oxygen atoms in total. The van der Waals surface area contributed by atoms with Crippen molar-refractivity contribution in [1.29, 1.82) is 0 Å². The Balaban J connectivity index is 2.03. The molecule has 0 aromatic heterocycles. The van der Waals surface area contributed by atoms with Crippen molar-refractivity contribution in [3.05, 3.63) is 24.3 Å². The average molecular weight is 368 g/mol. The molecule has 25 heavy (non-hydrogen) atoms. The van der Waals surface area contributed by atoms with Crippen LogP contribution in [0.15, 0.2) is 24.3 Å². The molecule has 1 atom stereocenters. The Hall–Kier alpha value is -1.60. The summed E-state index contributed by atoms with van der Waals surface area (Å²) < 4.78 is 31.6. The summed E-state index contributed by atoms with van der Waals surface area (Å²) in [4.78, 5) is 12.6. The van der Waals surface area contributed by atoms with Gasteiger partial charge in [0.25, 0.3) is 0 Å². The highest BCUT2D eigenvalue weighted by molar-refractivity contribution is 7.89. The van der Waals surface area contributed by atoms with Crippen molar-refractivity contribution in [2.24, 2.45) is 5.92 Å². The predicted molar refractivity (Wildman–Crippen MR) is 99.2 cm³/mol. The van der Waals surface area contributed by atoms with Crippen LogP contribution in [-0.4, -0.2) is 44.1 Å². The van der Waals surface area contributed by atoms with E-state index in [1.807, 2.05) is 32.0 Å². The van der Waals surface area contributed by atoms with Crippen molar-refractivity contribution in [2.45, 2.75) is 39.5 Å². The van der Waals surface area contributed by atoms with Crippen molar-refractivity contribution in [3.8, 4) is 5.75 Å². The number of sulfonamides is 1. The fraction of sp³-hybridized carbons (Fsp3) is 0.611. The summed E-state index contributed by atoms with van der Waals surface area (Å²) in [6.45, 7) is 5.21. The molecule has 2 rings (SSSR count). The van der Waals surface area contributed by atoms with Gasteiger partial charge in [0.05, 0.1) is 24.0 Å². The molecule has 0 radical (unpaired) electrons. The Labute approximate surface area is 150 Å². The van der Waals surface area contributed by atoms with Gasteiger partial charge in [0.15, 0.2) is 0 Å². The van der Waals surface area contributed by atoms with Crippen LogP contribution >= 0.6 is 0 Å². The number of para-hydroxylation sites is 2. The van der Waals surface area contributed by atoms with E-state index in [1.54, 1.807) is 6.07 Å². The topological polar surface area (TPSA) is 75.7 Å². The van der Waals surface area contributed by atoms with E-state index in [0.29, 0.717) is 43.9 Å². The minimum atomic E-state index is -3.26. The maximum atomic E-state index is 12.6. The third-order valence-electron chi connectivity index (χ3n) is 4.22. The Morgan fingerprint density at radius 3 is 2.76 bits per heavy atom. The summed E-state index contributed by atoms with van der Waals surface area (Å²) in [6, 6.07) is 7.33. The lowest BCUT2D eigenvalue weighted by Gasteiger charge is -2.31. The Morgan fingerprint density at radius 2 is 2.04 bits per heavy atom. The summed E-state index contributed by atoms with van der Waals surface area (Å²) in [5, 5.41) is 2.91. The number of nitrogens with zero attached hydrogens (tertiary/aromatic N) is 1. The van der Waals surface area contributed by atoms with E-state index in [-0.39, 0.29) is 24.1 Å². The van der Waals surface area contributed by atoms with Gasteiger partial charge in [0.2, 0.25) is 15.9 Å². The quantitative estimate of drug-likeness (QED) is 0.765. The molecular weight excluding hydrogens is 340 g/mol. The number of ether oxygens (including phenoxy) is 1. The number of hydrogen-bond donors (Lipinski definition) is 1. The second-order valence-corrected chi connectivity index (χ2v) is 8.44. The summed E-state index contributed by atoms with van der Waals surface area (Å²) in [7, 11) is -3.26. The lowest BCUT2D eigenvalue weighted by atomic mass is 9.98. The van der Waals surface area contributed by atoms with Gasteiger partial charge in [0.1, 0.15) is 5.75 Å². The fourth-order valence-electron chi connectivity index (χ4n) is 2.94. The van der Waals surface area contributed by atoms with Gasteiger partial charge in [-0.25, -0.2) is 12.7 Å². The first-order valence-electron chi connectivity index (χ1n) is 8.98. The maximum absolute atomic E-state index is 12.6. The molecular formula is C18H28N2O4S. The maximum Gasteiger partial charge on any atom is 0.228 e. The molecule has 1 unspecified atom stereocenters. The largest absolute Gasteiger partial charge is 0.491 e. The van der Waals surface area contributed by atoms with Gasteiger partial charge in [0, 0.05) is 13.1 Å². The predicted octanol–water partition coefficient (Wildman–Crippen LogP) is 2.87. The number of benzene rings is 1. The zero-order valence-electron chi connectivity index (χ0n) is 15.0. The number of nitrogens with one attached hydrogen (secondary N) is 1. The Morgan fingerprint density at radius 1 is 1.28 bits per heavy atom. The monoisotopic (exact) mass is 368 g/mol. The van der Waals surface area contributed by atoms with Crippen molar-refractivity contribution in [1.82, 2.24) is 4.31 Å². The number of rotatable bonds is 8. The number of anilines is 1. The zero-order valence-corrected chi connectivity index (χ0v) is 15.8. The first-order valence-corrected chi connectivity index (χ1v) is 10.6. The third-order valence-corrected chi connectivity index (χ3v) is 6.26. The van der Waals surface area contributed by atoms with E-state index in [0.717, 1.165) is 6.42 Å². The van der Waals surface area contributed by atoms with E-state index in [9.17, 15) is 13.2 Å². The van der Waals surface area contributed by atoms with Gasteiger partial charge < -0.3 is 10.1 Å². The van der Waals surface area contributed by atoms with Gasteiger partial charge in [-0.3, -0.25) is 4.79 Å². The smallest absolute Gasteiger partial charge is 0.228 e. The molecule has 1 N–H and O–H groups in total. The summed E-state index contributed by atoms with van der Waals surface area (Å²) in [6.07, 6.45) is 2.87. The van der Waals surface area contributed by atoms with E-state index in [4.69, 9.17) is 4.74 Å². The lowest BCUT2D eigenvalue weighted by molar-refractivity contribution is -0.120. The molecule has 0 aliphatic carbocycles. The van der Waals surface area contributed by atoms with Crippen LogP contribution in [0, 0.1) is 5.92 Å². The SMILES string of the molecule is CCCOc1ccccc1NC(=O)C1CCCN(S(=O)(=O)CCC)C1. The number of carbonyl (C=O) groups excluding carboxylic acids is 1. The molecule has 140 valence electrons. The molecule has 0 bridgehead atoms. The molecule has 0 spiro atoms. The van der Waals surface area contributed by atoms with E-state index in [2.05, 4.69) is 5.32 Å². The first-order chi connectivity index (χ1) is 12.0. The molecule has 1 aromatic carbocycles. The van der Waals surface area contributed by atoms with Crippen LogP contribution in [0.1, 0.15) is 39.5 Å². The van der Waals surface area contributed by atoms with Gasteiger partial charge in [-0.1, -0.05) is 26.0 Å². The number of hydrogen-bond acceptors (Lipinski definition) is 4. The van der Waals surface area contributed by atoms with Crippen LogP contribution in [0.3, 0.4) is 0 Å². The van der Waals surface area contributed by atoms with Crippen molar-refractivity contribution < 1.29 is 17.9 Å². The van der Waals surface area contributed by atoms with Gasteiger partial charge in [-0.05, 0) is 37.8 Å². The Bertz CT molecular complexity index is 675. The molecule has 1 aliphatic heterocycles. The van der Waals surface area contributed by atoms with Crippen LogP contribution in [-0.2, 0) is 14.8 Å². The number of amides is 1. The molecule has 7 heteroatoms. The molecule has 1 amide bonds. The third kappa shape index (κ3) is 5.44. The first kappa shape index (κ1) is 19.7. The number of piperidine rings is 1. The fourth-order valence-corrected chi connectivity index (χ4v) is 4.53. The minimum Gasteiger partial charge on any atom is -0.491 e. The van der Waals surface area contributed by atoms with Crippen molar-refractivity contribution in [2.75, 3.05) is 30.8 Å². The van der Waals surface area contributed by atoms with Crippen LogP contribution in [0.5, 0.6) is 5.75 Å². The second kappa shape index (κ2) is 9.20. The van der Waals surface area contributed by atoms with Crippen LogP contribution in [0.4, 0.5) is 5.69 Å². The molecule has 1 aromatic rings. The van der Waals surface area contributed by atoms with Gasteiger partial charge in [-0.15, -0.1) is 0 Å². The molecule has 1 aliphatic rings. The van der Waals surface area contributed by atoms with Crippen molar-refractivity contribution in [3.63, 3.8) is 0 Å². The summed E-state index contributed by atoms with van der Waals surface area (Å²) >= 11 is 0. The number of carbonyl (C=O) groups is 1. The van der Waals surface area contributed by atoms with Gasteiger partial charge in [-0.2, -0.15) is 0 Å². The average Bonchev–Trinajstić information content (AvgIpc) is 2.61. The highest BCUT2D eigenvalue weighted by Gasteiger charge is 2.32. The Kier molecular flexibility index (Phi) is 7.25. The van der Waals surface area contributed by atoms with Crippen LogP contribution in [0.2, 0.25) is 0 Å². The van der Waals surface area contributed by atoms with E-state index in [1.165, 1.54) is 4.31 Å². The minimum absolute atomic E-state index is 0.134. The normalized spacial score (nSPS) is 18.7. The van der Waals surface area contributed by atoms with Crippen molar-refractivity contribution >= 4 is 21.6 Å². The lowest BCUT2D eigenvalue weighted by Crippen LogP contribution is -2.44. The zero-order chi connectivity index (χ0) is 18.3. The summed E-state index contributed by atoms with van der Waals surface area (Å²) in [5.41, 5.74) is 0.634. The van der Waals surface area contributed by atoms with Gasteiger partial charge >= 0.3 is 0 Å². The molecule has 1 saturated heterocycles. The standard InChI is InChI=1S/C18H28N2O4S/c1-3-12-24-17-10-6-5-9-16(17)19-18(21)15-8-7-11-20(14-15)25(22,23)13-4-2/h5-6,9-10,15H,3-4,7-8,11-14H2,1-2H3,(H,19,21). The van der Waals surface area contributed by atoms with E-state index < -0.39 is 10.0 Å². The molecule has 0 saturated carbocycles. The second-order valence-electron chi connectivity index (χ2n) is 6.35. The van der Waals surface area contributed by atoms with Crippen LogP contribution in [0.25, 0.3) is 0 Å².